The molecule has 3 heterocycles. The van der Waals surface area contributed by atoms with E-state index in [-0.39, 0.29) is 12.1 Å². The highest BCUT2D eigenvalue weighted by Gasteiger charge is 2.35. The third kappa shape index (κ3) is 4.10. The maximum absolute atomic E-state index is 14.0. The maximum atomic E-state index is 14.0. The molecule has 3 aromatic carbocycles. The molecule has 0 saturated heterocycles. The summed E-state index contributed by atoms with van der Waals surface area (Å²) >= 11 is 0. The van der Waals surface area contributed by atoms with Crippen molar-refractivity contribution in [3.8, 4) is 11.5 Å². The van der Waals surface area contributed by atoms with Crippen molar-refractivity contribution in [3.05, 3.63) is 131 Å². The van der Waals surface area contributed by atoms with Crippen molar-refractivity contribution in [1.29, 1.82) is 0 Å². The minimum atomic E-state index is -0.276. The number of fused-ring (bicyclic) bond motifs is 3. The Morgan fingerprint density at radius 2 is 1.62 bits per heavy atom. The zero-order valence-corrected chi connectivity index (χ0v) is 21.0. The van der Waals surface area contributed by atoms with Crippen LogP contribution in [0.5, 0.6) is 0 Å². The number of anilines is 1. The van der Waals surface area contributed by atoms with Crippen molar-refractivity contribution in [3.63, 3.8) is 0 Å². The van der Waals surface area contributed by atoms with Crippen LogP contribution in [0.1, 0.15) is 41.0 Å². The quantitative estimate of drug-likeness (QED) is 0.308. The summed E-state index contributed by atoms with van der Waals surface area (Å²) in [5.41, 5.74) is 7.00. The number of carbonyl (C=O) groups excluding carboxylic acids is 1. The van der Waals surface area contributed by atoms with E-state index in [1.165, 1.54) is 5.56 Å². The minimum Gasteiger partial charge on any atom is -0.308 e. The summed E-state index contributed by atoms with van der Waals surface area (Å²) in [4.78, 5) is 15.9. The molecule has 5 aromatic rings. The molecule has 2 aromatic heterocycles. The second-order valence-corrected chi connectivity index (χ2v) is 9.36. The second kappa shape index (κ2) is 9.47. The largest absolute Gasteiger partial charge is 0.322 e. The number of nitrogens with one attached hydrogen (secondary N) is 1. The fourth-order valence-corrected chi connectivity index (χ4v) is 5.15. The van der Waals surface area contributed by atoms with E-state index in [4.69, 9.17) is 5.10 Å². The Hall–Kier alpha value is -4.58. The first-order valence-corrected chi connectivity index (χ1v) is 12.7. The molecule has 1 aliphatic heterocycles. The molecular formula is C31H29N5O. The Kier molecular flexibility index (Phi) is 5.85. The summed E-state index contributed by atoms with van der Waals surface area (Å²) in [6.07, 6.45) is 3.02. The van der Waals surface area contributed by atoms with Gasteiger partial charge in [0.05, 0.1) is 29.7 Å². The van der Waals surface area contributed by atoms with Gasteiger partial charge in [-0.15, -0.1) is 0 Å². The molecule has 37 heavy (non-hydrogen) atoms. The minimum absolute atomic E-state index is 0.148. The van der Waals surface area contributed by atoms with Crippen molar-refractivity contribution >= 4 is 11.7 Å². The van der Waals surface area contributed by atoms with Gasteiger partial charge in [-0.05, 0) is 60.9 Å². The lowest BCUT2D eigenvalue weighted by molar-refractivity contribution is 0.194. The van der Waals surface area contributed by atoms with Crippen molar-refractivity contribution in [1.82, 2.24) is 19.2 Å². The van der Waals surface area contributed by atoms with Crippen molar-refractivity contribution in [2.45, 2.75) is 32.9 Å². The molecule has 0 spiro atoms. The van der Waals surface area contributed by atoms with Gasteiger partial charge in [-0.25, -0.2) is 9.48 Å². The second-order valence-electron chi connectivity index (χ2n) is 9.36. The molecule has 0 radical (unpaired) electrons. The van der Waals surface area contributed by atoms with Crippen LogP contribution in [-0.2, 0) is 13.0 Å². The number of aromatic nitrogens is 3. The molecule has 0 aliphatic carbocycles. The van der Waals surface area contributed by atoms with Crippen LogP contribution in [0.4, 0.5) is 10.5 Å². The zero-order chi connectivity index (χ0) is 25.4. The molecule has 1 atom stereocenters. The third-order valence-corrected chi connectivity index (χ3v) is 7.08. The Bertz CT molecular complexity index is 1530. The summed E-state index contributed by atoms with van der Waals surface area (Å²) in [5, 5.41) is 8.07. The number of amides is 2. The predicted molar refractivity (Wildman–Crippen MR) is 146 cm³/mol. The van der Waals surface area contributed by atoms with Crippen LogP contribution >= 0.6 is 0 Å². The third-order valence-electron chi connectivity index (χ3n) is 7.08. The van der Waals surface area contributed by atoms with Crippen LogP contribution in [0, 0.1) is 6.92 Å². The SMILES string of the molecule is CCc1ccc(NC(=O)N2Cc3c(C)nn(-c4ccccc4)c3-n3cccc3[C@H]2c2ccccc2)cc1. The molecule has 6 heteroatoms. The van der Waals surface area contributed by atoms with Crippen LogP contribution in [-0.4, -0.2) is 25.3 Å². The van der Waals surface area contributed by atoms with E-state index >= 15 is 0 Å². The smallest absolute Gasteiger partial charge is 0.308 e. The number of benzene rings is 3. The van der Waals surface area contributed by atoms with E-state index in [9.17, 15) is 4.79 Å². The first kappa shape index (κ1) is 22.9. The van der Waals surface area contributed by atoms with Crippen molar-refractivity contribution in [2.24, 2.45) is 0 Å². The van der Waals surface area contributed by atoms with Gasteiger partial charge in [0, 0.05) is 17.4 Å². The summed E-state index contributed by atoms with van der Waals surface area (Å²) < 4.78 is 4.17. The summed E-state index contributed by atoms with van der Waals surface area (Å²) in [6.45, 7) is 4.57. The fourth-order valence-electron chi connectivity index (χ4n) is 5.15. The van der Waals surface area contributed by atoms with Gasteiger partial charge in [-0.2, -0.15) is 5.10 Å². The molecule has 184 valence electrons. The monoisotopic (exact) mass is 487 g/mol. The van der Waals surface area contributed by atoms with Gasteiger partial charge < -0.3 is 14.8 Å². The van der Waals surface area contributed by atoms with E-state index in [0.717, 1.165) is 46.1 Å². The molecule has 6 nitrogen and oxygen atoms in total. The molecule has 0 bridgehead atoms. The first-order valence-electron chi connectivity index (χ1n) is 12.7. The number of rotatable bonds is 4. The van der Waals surface area contributed by atoms with Crippen molar-refractivity contribution in [2.75, 3.05) is 5.32 Å². The predicted octanol–water partition coefficient (Wildman–Crippen LogP) is 6.67. The van der Waals surface area contributed by atoms with Crippen LogP contribution in [0.25, 0.3) is 11.5 Å². The number of hydrogen-bond donors (Lipinski definition) is 1. The van der Waals surface area contributed by atoms with Gasteiger partial charge in [0.15, 0.2) is 0 Å². The Morgan fingerprint density at radius 3 is 2.32 bits per heavy atom. The number of carbonyl (C=O) groups is 1. The standard InChI is InChI=1S/C31H29N5O/c1-3-23-16-18-25(19-17-23)32-31(37)35-21-27-22(2)33-36(26-13-8-5-9-14-26)30(27)34-20-10-15-28(34)29(35)24-11-6-4-7-12-24/h4-20,29H,3,21H2,1-2H3,(H,32,37)/t29-/m1/s1. The van der Waals surface area contributed by atoms with Crippen LogP contribution in [0.15, 0.2) is 103 Å². The van der Waals surface area contributed by atoms with Gasteiger partial charge >= 0.3 is 6.03 Å². The van der Waals surface area contributed by atoms with E-state index in [2.05, 4.69) is 65.5 Å². The Balaban J connectivity index is 1.50. The maximum Gasteiger partial charge on any atom is 0.322 e. The fraction of sp³-hybridized carbons (Fsp3) is 0.161. The van der Waals surface area contributed by atoms with E-state index in [1.54, 1.807) is 0 Å². The van der Waals surface area contributed by atoms with Gasteiger partial charge in [0.25, 0.3) is 0 Å². The lowest BCUT2D eigenvalue weighted by Gasteiger charge is -2.31. The Morgan fingerprint density at radius 1 is 0.919 bits per heavy atom. The number of hydrogen-bond acceptors (Lipinski definition) is 2. The van der Waals surface area contributed by atoms with E-state index in [1.807, 2.05) is 71.1 Å². The van der Waals surface area contributed by atoms with Gasteiger partial charge in [-0.1, -0.05) is 67.6 Å². The summed E-state index contributed by atoms with van der Waals surface area (Å²) in [7, 11) is 0. The molecular weight excluding hydrogens is 458 g/mol. The number of nitrogens with zero attached hydrogens (tertiary/aromatic N) is 4. The zero-order valence-electron chi connectivity index (χ0n) is 21.0. The van der Waals surface area contributed by atoms with E-state index < -0.39 is 0 Å². The van der Waals surface area contributed by atoms with Crippen LogP contribution < -0.4 is 5.32 Å². The lowest BCUT2D eigenvalue weighted by atomic mass is 10.0. The normalized spacial score (nSPS) is 14.5. The van der Waals surface area contributed by atoms with Gasteiger partial charge in [0.2, 0.25) is 0 Å². The van der Waals surface area contributed by atoms with E-state index in [0.29, 0.717) is 6.54 Å². The molecule has 0 fully saturated rings. The highest BCUT2D eigenvalue weighted by Crippen LogP contribution is 2.38. The van der Waals surface area contributed by atoms with Crippen LogP contribution in [0.3, 0.4) is 0 Å². The van der Waals surface area contributed by atoms with Crippen molar-refractivity contribution < 1.29 is 4.79 Å². The molecule has 0 saturated carbocycles. The average molecular weight is 488 g/mol. The summed E-state index contributed by atoms with van der Waals surface area (Å²) in [5.74, 6) is 0.965. The highest BCUT2D eigenvalue weighted by molar-refractivity contribution is 5.90. The first-order chi connectivity index (χ1) is 18.1. The number of urea groups is 1. The number of aryl methyl sites for hydroxylation is 2. The molecule has 1 aliphatic rings. The topological polar surface area (TPSA) is 55.1 Å². The molecule has 2 amide bonds. The molecule has 0 unspecified atom stereocenters. The summed E-state index contributed by atoms with van der Waals surface area (Å²) in [6, 6.07) is 32.2. The van der Waals surface area contributed by atoms with Crippen LogP contribution in [0.2, 0.25) is 0 Å². The highest BCUT2D eigenvalue weighted by atomic mass is 16.2. The average Bonchev–Trinajstić information content (AvgIpc) is 3.50. The number of para-hydroxylation sites is 1. The Labute approximate surface area is 216 Å². The lowest BCUT2D eigenvalue weighted by Crippen LogP contribution is -2.38. The molecule has 1 N–H and O–H groups in total. The molecule has 6 rings (SSSR count). The van der Waals surface area contributed by atoms with Gasteiger partial charge in [-0.3, -0.25) is 0 Å². The van der Waals surface area contributed by atoms with Gasteiger partial charge in [0.1, 0.15) is 5.82 Å².